The Bertz CT molecular complexity index is 787. The molecule has 0 aromatic carbocycles. The van der Waals surface area contributed by atoms with Crippen molar-refractivity contribution in [1.82, 2.24) is 24.8 Å². The number of aryl methyl sites for hydroxylation is 2. The van der Waals surface area contributed by atoms with Gasteiger partial charge >= 0.3 is 0 Å². The van der Waals surface area contributed by atoms with Crippen LogP contribution in [0.2, 0.25) is 0 Å². The van der Waals surface area contributed by atoms with E-state index in [0.29, 0.717) is 6.04 Å². The van der Waals surface area contributed by atoms with Gasteiger partial charge in [-0.05, 0) is 31.2 Å². The average molecular weight is 296 g/mol. The molecule has 2 N–H and O–H groups in total. The molecule has 0 aliphatic heterocycles. The first-order valence-corrected chi connectivity index (χ1v) is 7.95. The Morgan fingerprint density at radius 1 is 1.45 bits per heavy atom. The summed E-state index contributed by atoms with van der Waals surface area (Å²) in [5.74, 6) is 1.04. The van der Waals surface area contributed by atoms with Crippen LogP contribution in [0.25, 0.3) is 5.65 Å². The SMILES string of the molecule is CCCc1cc(NC2CCc3[nH]ncc3C2)n2nccc2n1. The lowest BCUT2D eigenvalue weighted by atomic mass is 9.93. The van der Waals surface area contributed by atoms with Gasteiger partial charge in [0, 0.05) is 29.6 Å². The van der Waals surface area contributed by atoms with Crippen LogP contribution in [-0.2, 0) is 19.3 Å². The zero-order valence-corrected chi connectivity index (χ0v) is 12.7. The molecule has 0 fully saturated rings. The Hall–Kier alpha value is -2.37. The molecule has 1 aliphatic rings. The lowest BCUT2D eigenvalue weighted by Crippen LogP contribution is -2.28. The molecule has 4 rings (SSSR count). The minimum absolute atomic E-state index is 0.411. The number of anilines is 1. The molecule has 114 valence electrons. The number of H-pyrrole nitrogens is 1. The number of aromatic nitrogens is 5. The molecule has 6 heteroatoms. The van der Waals surface area contributed by atoms with Crippen molar-refractivity contribution in [2.24, 2.45) is 0 Å². The second kappa shape index (κ2) is 5.44. The Kier molecular flexibility index (Phi) is 3.29. The predicted octanol–water partition coefficient (Wildman–Crippen LogP) is 2.37. The second-order valence-electron chi connectivity index (χ2n) is 5.94. The van der Waals surface area contributed by atoms with E-state index in [1.165, 1.54) is 11.3 Å². The molecule has 0 radical (unpaired) electrons. The van der Waals surface area contributed by atoms with E-state index in [-0.39, 0.29) is 0 Å². The summed E-state index contributed by atoms with van der Waals surface area (Å²) in [7, 11) is 0. The summed E-state index contributed by atoms with van der Waals surface area (Å²) in [4.78, 5) is 4.65. The smallest absolute Gasteiger partial charge is 0.157 e. The highest BCUT2D eigenvalue weighted by molar-refractivity contribution is 5.50. The van der Waals surface area contributed by atoms with Gasteiger partial charge in [-0.2, -0.15) is 14.7 Å². The highest BCUT2D eigenvalue weighted by Crippen LogP contribution is 2.23. The quantitative estimate of drug-likeness (QED) is 0.775. The van der Waals surface area contributed by atoms with E-state index in [9.17, 15) is 0 Å². The predicted molar refractivity (Wildman–Crippen MR) is 85.0 cm³/mol. The van der Waals surface area contributed by atoms with Gasteiger partial charge in [0.05, 0.1) is 12.4 Å². The molecule has 3 aromatic rings. The van der Waals surface area contributed by atoms with Crippen molar-refractivity contribution >= 4 is 11.5 Å². The molecule has 1 atom stereocenters. The lowest BCUT2D eigenvalue weighted by Gasteiger charge is -2.24. The average Bonchev–Trinajstić information content (AvgIpc) is 3.15. The fourth-order valence-electron chi connectivity index (χ4n) is 3.20. The van der Waals surface area contributed by atoms with E-state index >= 15 is 0 Å². The van der Waals surface area contributed by atoms with Crippen molar-refractivity contribution in [3.63, 3.8) is 0 Å². The van der Waals surface area contributed by atoms with Crippen LogP contribution in [-0.4, -0.2) is 30.8 Å². The van der Waals surface area contributed by atoms with Crippen LogP contribution >= 0.6 is 0 Å². The van der Waals surface area contributed by atoms with Crippen LogP contribution in [0, 0.1) is 0 Å². The summed E-state index contributed by atoms with van der Waals surface area (Å²) in [6, 6.07) is 4.50. The molecular weight excluding hydrogens is 276 g/mol. The summed E-state index contributed by atoms with van der Waals surface area (Å²) < 4.78 is 1.89. The summed E-state index contributed by atoms with van der Waals surface area (Å²) in [6.45, 7) is 2.18. The lowest BCUT2D eigenvalue weighted by molar-refractivity contribution is 0.599. The van der Waals surface area contributed by atoms with Crippen molar-refractivity contribution in [3.8, 4) is 0 Å². The number of aromatic amines is 1. The molecule has 0 spiro atoms. The van der Waals surface area contributed by atoms with Gasteiger partial charge in [-0.25, -0.2) is 4.98 Å². The Labute approximate surface area is 129 Å². The molecule has 0 saturated heterocycles. The normalized spacial score (nSPS) is 17.6. The van der Waals surface area contributed by atoms with Crippen LogP contribution in [0.1, 0.15) is 36.7 Å². The van der Waals surface area contributed by atoms with E-state index < -0.39 is 0 Å². The molecule has 3 aromatic heterocycles. The highest BCUT2D eigenvalue weighted by Gasteiger charge is 2.21. The highest BCUT2D eigenvalue weighted by atomic mass is 15.3. The fraction of sp³-hybridized carbons (Fsp3) is 0.438. The molecule has 3 heterocycles. The number of rotatable bonds is 4. The third kappa shape index (κ3) is 2.34. The van der Waals surface area contributed by atoms with Gasteiger partial charge in [-0.3, -0.25) is 5.10 Å². The Balaban J connectivity index is 1.62. The minimum Gasteiger partial charge on any atom is -0.367 e. The van der Waals surface area contributed by atoms with Gasteiger partial charge < -0.3 is 5.32 Å². The van der Waals surface area contributed by atoms with E-state index in [0.717, 1.165) is 49.3 Å². The topological polar surface area (TPSA) is 70.9 Å². The van der Waals surface area contributed by atoms with E-state index in [2.05, 4.69) is 38.6 Å². The van der Waals surface area contributed by atoms with Crippen molar-refractivity contribution < 1.29 is 0 Å². The van der Waals surface area contributed by atoms with Gasteiger partial charge in [0.2, 0.25) is 0 Å². The standard InChI is InChI=1S/C16H20N6/c1-2-3-12-9-16(22-15(19-12)6-7-18-22)20-13-4-5-14-11(8-13)10-17-21-14/h6-7,9-10,13,20H,2-5,8H2,1H3,(H,17,21). The largest absolute Gasteiger partial charge is 0.367 e. The van der Waals surface area contributed by atoms with Crippen LogP contribution in [0.15, 0.2) is 24.5 Å². The molecule has 22 heavy (non-hydrogen) atoms. The van der Waals surface area contributed by atoms with Crippen LogP contribution in [0.5, 0.6) is 0 Å². The van der Waals surface area contributed by atoms with Gasteiger partial charge in [-0.1, -0.05) is 13.3 Å². The third-order valence-corrected chi connectivity index (χ3v) is 4.29. The molecule has 6 nitrogen and oxygen atoms in total. The summed E-state index contributed by atoms with van der Waals surface area (Å²) in [5.41, 5.74) is 4.64. The van der Waals surface area contributed by atoms with Crippen molar-refractivity contribution in [2.45, 2.75) is 45.1 Å². The zero-order chi connectivity index (χ0) is 14.9. The number of nitrogens with zero attached hydrogens (tertiary/aromatic N) is 4. The summed E-state index contributed by atoms with van der Waals surface area (Å²) in [5, 5.41) is 15.3. The molecule has 0 saturated carbocycles. The molecule has 1 unspecified atom stereocenters. The molecule has 0 amide bonds. The Morgan fingerprint density at radius 3 is 3.32 bits per heavy atom. The monoisotopic (exact) mass is 296 g/mol. The Morgan fingerprint density at radius 2 is 2.41 bits per heavy atom. The summed E-state index contributed by atoms with van der Waals surface area (Å²) >= 11 is 0. The van der Waals surface area contributed by atoms with Crippen LogP contribution < -0.4 is 5.32 Å². The van der Waals surface area contributed by atoms with E-state index in [4.69, 9.17) is 0 Å². The molecule has 1 aliphatic carbocycles. The van der Waals surface area contributed by atoms with E-state index in [1.54, 1.807) is 6.20 Å². The maximum Gasteiger partial charge on any atom is 0.157 e. The van der Waals surface area contributed by atoms with E-state index in [1.807, 2.05) is 16.8 Å². The first-order valence-electron chi connectivity index (χ1n) is 7.95. The van der Waals surface area contributed by atoms with Gasteiger partial charge in [0.15, 0.2) is 5.65 Å². The second-order valence-corrected chi connectivity index (χ2v) is 5.94. The minimum atomic E-state index is 0.411. The van der Waals surface area contributed by atoms with Crippen molar-refractivity contribution in [2.75, 3.05) is 5.32 Å². The summed E-state index contributed by atoms with van der Waals surface area (Å²) in [6.07, 6.45) is 8.98. The third-order valence-electron chi connectivity index (χ3n) is 4.29. The maximum absolute atomic E-state index is 4.65. The first-order chi connectivity index (χ1) is 10.8. The number of hydrogen-bond acceptors (Lipinski definition) is 4. The van der Waals surface area contributed by atoms with Crippen molar-refractivity contribution in [1.29, 1.82) is 0 Å². The first kappa shape index (κ1) is 13.3. The molecule has 0 bridgehead atoms. The van der Waals surface area contributed by atoms with Gasteiger partial charge in [0.25, 0.3) is 0 Å². The van der Waals surface area contributed by atoms with Crippen LogP contribution in [0.4, 0.5) is 5.82 Å². The van der Waals surface area contributed by atoms with Crippen LogP contribution in [0.3, 0.4) is 0 Å². The fourth-order valence-corrected chi connectivity index (χ4v) is 3.20. The van der Waals surface area contributed by atoms with Crippen molar-refractivity contribution in [3.05, 3.63) is 41.5 Å². The molecular formula is C16H20N6. The van der Waals surface area contributed by atoms with Gasteiger partial charge in [0.1, 0.15) is 5.82 Å². The number of fused-ring (bicyclic) bond motifs is 2. The zero-order valence-electron chi connectivity index (χ0n) is 12.7. The number of hydrogen-bond donors (Lipinski definition) is 2. The maximum atomic E-state index is 4.65. The van der Waals surface area contributed by atoms with Gasteiger partial charge in [-0.15, -0.1) is 0 Å². The number of nitrogens with one attached hydrogen (secondary N) is 2.